The standard InChI is InChI=1S/C18H31NO/c1-5-6-10-13-18(2,3)15-19-17(14-20-4)16-11-8-7-9-12-16/h7-9,11-12,17,19H,5-6,10,13-15H2,1-4H3. The van der Waals surface area contributed by atoms with Crippen LogP contribution < -0.4 is 5.32 Å². The summed E-state index contributed by atoms with van der Waals surface area (Å²) in [6.45, 7) is 8.71. The van der Waals surface area contributed by atoms with E-state index in [4.69, 9.17) is 4.74 Å². The Bertz CT molecular complexity index is 348. The van der Waals surface area contributed by atoms with Crippen molar-refractivity contribution in [2.45, 2.75) is 52.5 Å². The number of ether oxygens (including phenoxy) is 1. The Kier molecular flexibility index (Phi) is 7.86. The minimum Gasteiger partial charge on any atom is -0.383 e. The van der Waals surface area contributed by atoms with Gasteiger partial charge in [-0.15, -0.1) is 0 Å². The molecule has 0 saturated carbocycles. The third-order valence-corrected chi connectivity index (χ3v) is 3.82. The topological polar surface area (TPSA) is 21.3 Å². The highest BCUT2D eigenvalue weighted by Gasteiger charge is 2.20. The van der Waals surface area contributed by atoms with Crippen LogP contribution in [0.5, 0.6) is 0 Å². The van der Waals surface area contributed by atoms with Crippen LogP contribution in [-0.2, 0) is 4.74 Å². The molecule has 1 aromatic carbocycles. The molecule has 1 unspecified atom stereocenters. The molecule has 0 bridgehead atoms. The zero-order valence-electron chi connectivity index (χ0n) is 13.6. The maximum absolute atomic E-state index is 5.36. The molecule has 0 heterocycles. The molecule has 114 valence electrons. The van der Waals surface area contributed by atoms with E-state index in [1.807, 2.05) is 0 Å². The lowest BCUT2D eigenvalue weighted by molar-refractivity contribution is 0.157. The van der Waals surface area contributed by atoms with Crippen LogP contribution >= 0.6 is 0 Å². The number of hydrogen-bond donors (Lipinski definition) is 1. The lowest BCUT2D eigenvalue weighted by Gasteiger charge is -2.28. The van der Waals surface area contributed by atoms with E-state index in [2.05, 4.69) is 56.4 Å². The molecule has 0 aromatic heterocycles. The summed E-state index contributed by atoms with van der Waals surface area (Å²) in [5, 5.41) is 3.68. The van der Waals surface area contributed by atoms with Gasteiger partial charge in [-0.1, -0.05) is 70.4 Å². The zero-order valence-corrected chi connectivity index (χ0v) is 13.6. The largest absolute Gasteiger partial charge is 0.383 e. The molecule has 0 aliphatic heterocycles. The smallest absolute Gasteiger partial charge is 0.0657 e. The third kappa shape index (κ3) is 6.53. The van der Waals surface area contributed by atoms with E-state index in [1.165, 1.54) is 31.2 Å². The van der Waals surface area contributed by atoms with Gasteiger partial charge < -0.3 is 10.1 Å². The number of unbranched alkanes of at least 4 members (excludes halogenated alkanes) is 2. The highest BCUT2D eigenvalue weighted by molar-refractivity contribution is 5.19. The molecule has 1 N–H and O–H groups in total. The van der Waals surface area contributed by atoms with Gasteiger partial charge in [0.15, 0.2) is 0 Å². The van der Waals surface area contributed by atoms with Crippen LogP contribution in [0.2, 0.25) is 0 Å². The van der Waals surface area contributed by atoms with E-state index >= 15 is 0 Å². The van der Waals surface area contributed by atoms with Gasteiger partial charge in [-0.25, -0.2) is 0 Å². The first kappa shape index (κ1) is 17.2. The number of methoxy groups -OCH3 is 1. The lowest BCUT2D eigenvalue weighted by Crippen LogP contribution is -2.34. The highest BCUT2D eigenvalue weighted by atomic mass is 16.5. The van der Waals surface area contributed by atoms with Gasteiger partial charge in [0.2, 0.25) is 0 Å². The molecule has 0 fully saturated rings. The Morgan fingerprint density at radius 1 is 1.15 bits per heavy atom. The quantitative estimate of drug-likeness (QED) is 0.633. The predicted octanol–water partition coefficient (Wildman–Crippen LogP) is 4.57. The Labute approximate surface area is 124 Å². The number of hydrogen-bond acceptors (Lipinski definition) is 2. The summed E-state index contributed by atoms with van der Waals surface area (Å²) in [5.41, 5.74) is 1.65. The second-order valence-corrected chi connectivity index (χ2v) is 6.42. The van der Waals surface area contributed by atoms with Gasteiger partial charge in [0, 0.05) is 13.7 Å². The SMILES string of the molecule is CCCCCC(C)(C)CNC(COC)c1ccccc1. The number of nitrogens with one attached hydrogen (secondary N) is 1. The summed E-state index contributed by atoms with van der Waals surface area (Å²) < 4.78 is 5.36. The van der Waals surface area contributed by atoms with Crippen LogP contribution in [0.3, 0.4) is 0 Å². The molecule has 1 rings (SSSR count). The van der Waals surface area contributed by atoms with E-state index in [9.17, 15) is 0 Å². The zero-order chi connectivity index (χ0) is 14.8. The Balaban J connectivity index is 2.50. The maximum atomic E-state index is 5.36. The van der Waals surface area contributed by atoms with Crippen LogP contribution in [-0.4, -0.2) is 20.3 Å². The van der Waals surface area contributed by atoms with Crippen molar-refractivity contribution in [3.05, 3.63) is 35.9 Å². The van der Waals surface area contributed by atoms with Crippen LogP contribution in [0.15, 0.2) is 30.3 Å². The summed E-state index contributed by atoms with van der Waals surface area (Å²) in [7, 11) is 1.77. The predicted molar refractivity (Wildman–Crippen MR) is 87.0 cm³/mol. The van der Waals surface area contributed by atoms with Crippen LogP contribution in [0.1, 0.15) is 58.1 Å². The van der Waals surface area contributed by atoms with Crippen LogP contribution in [0, 0.1) is 5.41 Å². The molecule has 0 amide bonds. The molecule has 0 spiro atoms. The second kappa shape index (κ2) is 9.15. The summed E-state index contributed by atoms with van der Waals surface area (Å²) in [6.07, 6.45) is 5.23. The molecule has 0 aliphatic rings. The Morgan fingerprint density at radius 3 is 2.45 bits per heavy atom. The van der Waals surface area contributed by atoms with E-state index in [-0.39, 0.29) is 6.04 Å². The minimum atomic E-state index is 0.284. The number of rotatable bonds is 10. The molecular weight excluding hydrogens is 246 g/mol. The van der Waals surface area contributed by atoms with Gasteiger partial charge in [0.1, 0.15) is 0 Å². The van der Waals surface area contributed by atoms with Crippen molar-refractivity contribution in [3.8, 4) is 0 Å². The lowest BCUT2D eigenvalue weighted by atomic mass is 9.86. The van der Waals surface area contributed by atoms with E-state index in [1.54, 1.807) is 7.11 Å². The Morgan fingerprint density at radius 2 is 1.85 bits per heavy atom. The normalized spacial score (nSPS) is 13.4. The van der Waals surface area contributed by atoms with Crippen molar-refractivity contribution in [1.82, 2.24) is 5.32 Å². The van der Waals surface area contributed by atoms with Gasteiger partial charge in [0.25, 0.3) is 0 Å². The van der Waals surface area contributed by atoms with Gasteiger partial charge >= 0.3 is 0 Å². The highest BCUT2D eigenvalue weighted by Crippen LogP contribution is 2.24. The minimum absolute atomic E-state index is 0.284. The Hall–Kier alpha value is -0.860. The average molecular weight is 277 g/mol. The molecule has 0 saturated heterocycles. The monoisotopic (exact) mass is 277 g/mol. The fraction of sp³-hybridized carbons (Fsp3) is 0.667. The van der Waals surface area contributed by atoms with Gasteiger partial charge in [-0.05, 0) is 17.4 Å². The van der Waals surface area contributed by atoms with E-state index < -0.39 is 0 Å². The average Bonchev–Trinajstić information content (AvgIpc) is 2.44. The summed E-state index contributed by atoms with van der Waals surface area (Å²) in [5.74, 6) is 0. The molecule has 0 radical (unpaired) electrons. The first-order valence-electron chi connectivity index (χ1n) is 7.86. The molecular formula is C18H31NO. The summed E-state index contributed by atoms with van der Waals surface area (Å²) in [6, 6.07) is 10.9. The molecule has 2 heteroatoms. The van der Waals surface area contributed by atoms with Gasteiger partial charge in [0.05, 0.1) is 12.6 Å². The van der Waals surface area contributed by atoms with Crippen molar-refractivity contribution in [2.75, 3.05) is 20.3 Å². The first-order chi connectivity index (χ1) is 9.59. The molecule has 1 atom stereocenters. The van der Waals surface area contributed by atoms with Crippen molar-refractivity contribution >= 4 is 0 Å². The summed E-state index contributed by atoms with van der Waals surface area (Å²) in [4.78, 5) is 0. The number of benzene rings is 1. The third-order valence-electron chi connectivity index (χ3n) is 3.82. The van der Waals surface area contributed by atoms with Crippen molar-refractivity contribution in [2.24, 2.45) is 5.41 Å². The first-order valence-corrected chi connectivity index (χ1v) is 7.86. The molecule has 0 aliphatic carbocycles. The fourth-order valence-corrected chi connectivity index (χ4v) is 2.47. The van der Waals surface area contributed by atoms with Crippen molar-refractivity contribution in [1.29, 1.82) is 0 Å². The van der Waals surface area contributed by atoms with Gasteiger partial charge in [-0.3, -0.25) is 0 Å². The van der Waals surface area contributed by atoms with Crippen LogP contribution in [0.4, 0.5) is 0 Å². The maximum Gasteiger partial charge on any atom is 0.0657 e. The fourth-order valence-electron chi connectivity index (χ4n) is 2.47. The van der Waals surface area contributed by atoms with E-state index in [0.717, 1.165) is 13.2 Å². The second-order valence-electron chi connectivity index (χ2n) is 6.42. The van der Waals surface area contributed by atoms with Crippen molar-refractivity contribution < 1.29 is 4.74 Å². The molecule has 20 heavy (non-hydrogen) atoms. The molecule has 1 aromatic rings. The van der Waals surface area contributed by atoms with Crippen LogP contribution in [0.25, 0.3) is 0 Å². The molecule has 2 nitrogen and oxygen atoms in total. The van der Waals surface area contributed by atoms with Crippen molar-refractivity contribution in [3.63, 3.8) is 0 Å². The van der Waals surface area contributed by atoms with Gasteiger partial charge in [-0.2, -0.15) is 0 Å². The van der Waals surface area contributed by atoms with E-state index in [0.29, 0.717) is 5.41 Å². The summed E-state index contributed by atoms with van der Waals surface area (Å²) >= 11 is 0.